The number of Topliss-reactive ketones (excluding diaryl/α,β-unsaturated/α-hetero) is 1. The number of likely N-dealkylation sites (tertiary alicyclic amines) is 1. The largest absolute Gasteiger partial charge is 0.334 e. The van der Waals surface area contributed by atoms with Gasteiger partial charge in [0.2, 0.25) is 0 Å². The number of nitriles is 1. The molecule has 6 nitrogen and oxygen atoms in total. The second kappa shape index (κ2) is 6.44. The molecule has 0 saturated carbocycles. The first-order chi connectivity index (χ1) is 11.2. The van der Waals surface area contributed by atoms with Crippen molar-refractivity contribution >= 4 is 11.7 Å². The number of ketones is 1. The minimum atomic E-state index is -0.262. The Balaban J connectivity index is 1.75. The van der Waals surface area contributed by atoms with Gasteiger partial charge in [-0.2, -0.15) is 10.4 Å². The van der Waals surface area contributed by atoms with Crippen molar-refractivity contribution in [1.82, 2.24) is 15.1 Å². The summed E-state index contributed by atoms with van der Waals surface area (Å²) in [5.41, 5.74) is 1.09. The predicted octanol–water partition coefficient (Wildman–Crippen LogP) is 2.16. The Kier molecular flexibility index (Phi) is 4.20. The summed E-state index contributed by atoms with van der Waals surface area (Å²) in [5.74, 6) is -0.233. The molecule has 1 N–H and O–H groups in total. The van der Waals surface area contributed by atoms with Crippen LogP contribution in [0.4, 0.5) is 0 Å². The number of nitrogens with zero attached hydrogens (tertiary/aromatic N) is 3. The molecule has 0 aliphatic carbocycles. The fraction of sp³-hybridized carbons (Fsp3) is 0.294. The maximum atomic E-state index is 12.6. The monoisotopic (exact) mass is 308 g/mol. The van der Waals surface area contributed by atoms with Crippen LogP contribution in [0.15, 0.2) is 36.5 Å². The molecule has 0 spiro atoms. The summed E-state index contributed by atoms with van der Waals surface area (Å²) >= 11 is 0. The van der Waals surface area contributed by atoms with Gasteiger partial charge in [0.05, 0.1) is 6.20 Å². The first-order valence-electron chi connectivity index (χ1n) is 7.53. The molecule has 2 heterocycles. The van der Waals surface area contributed by atoms with Gasteiger partial charge in [0.15, 0.2) is 5.78 Å². The van der Waals surface area contributed by atoms with Gasteiger partial charge in [-0.05, 0) is 12.8 Å². The standard InChI is InChI=1S/C17H16N4O2/c18-10-13-11-19-20-16(13)17(23)21-8-4-7-14(21)9-15(22)12-5-2-1-3-6-12/h1-3,5-6,11,14H,4,7-9H2,(H,19,20). The molecule has 1 aliphatic rings. The van der Waals surface area contributed by atoms with Crippen LogP contribution in [0.5, 0.6) is 0 Å². The Morgan fingerprint density at radius 1 is 1.35 bits per heavy atom. The summed E-state index contributed by atoms with van der Waals surface area (Å²) in [4.78, 5) is 26.7. The number of aromatic amines is 1. The highest BCUT2D eigenvalue weighted by Gasteiger charge is 2.32. The van der Waals surface area contributed by atoms with Gasteiger partial charge in [-0.1, -0.05) is 30.3 Å². The van der Waals surface area contributed by atoms with Crippen LogP contribution in [0, 0.1) is 11.3 Å². The molecule has 1 aromatic carbocycles. The Morgan fingerprint density at radius 3 is 2.87 bits per heavy atom. The highest BCUT2D eigenvalue weighted by atomic mass is 16.2. The van der Waals surface area contributed by atoms with Gasteiger partial charge in [-0.3, -0.25) is 14.7 Å². The first kappa shape index (κ1) is 15.0. The Labute approximate surface area is 133 Å². The summed E-state index contributed by atoms with van der Waals surface area (Å²) in [6.45, 7) is 0.593. The molecule has 1 saturated heterocycles. The van der Waals surface area contributed by atoms with Crippen molar-refractivity contribution in [2.75, 3.05) is 6.54 Å². The van der Waals surface area contributed by atoms with E-state index in [1.54, 1.807) is 17.0 Å². The van der Waals surface area contributed by atoms with E-state index in [1.807, 2.05) is 24.3 Å². The Hall–Kier alpha value is -2.94. The molecule has 2 aromatic rings. The van der Waals surface area contributed by atoms with Crippen LogP contribution < -0.4 is 0 Å². The van der Waals surface area contributed by atoms with Crippen LogP contribution in [0.3, 0.4) is 0 Å². The van der Waals surface area contributed by atoms with Gasteiger partial charge >= 0.3 is 0 Å². The van der Waals surface area contributed by atoms with Gasteiger partial charge in [0.25, 0.3) is 5.91 Å². The second-order valence-corrected chi connectivity index (χ2v) is 5.56. The van der Waals surface area contributed by atoms with Crippen LogP contribution in [-0.2, 0) is 0 Å². The summed E-state index contributed by atoms with van der Waals surface area (Å²) in [7, 11) is 0. The van der Waals surface area contributed by atoms with E-state index in [0.717, 1.165) is 12.8 Å². The minimum Gasteiger partial charge on any atom is -0.334 e. The average molecular weight is 308 g/mol. The molecular weight excluding hydrogens is 292 g/mol. The summed E-state index contributed by atoms with van der Waals surface area (Å²) in [5, 5.41) is 15.4. The van der Waals surface area contributed by atoms with Crippen molar-refractivity contribution < 1.29 is 9.59 Å². The number of carbonyl (C=O) groups excluding carboxylic acids is 2. The zero-order chi connectivity index (χ0) is 16.2. The van der Waals surface area contributed by atoms with Crippen LogP contribution >= 0.6 is 0 Å². The smallest absolute Gasteiger partial charge is 0.273 e. The number of amides is 1. The summed E-state index contributed by atoms with van der Waals surface area (Å²) in [6.07, 6.45) is 3.29. The quantitative estimate of drug-likeness (QED) is 0.876. The number of aromatic nitrogens is 2. The van der Waals surface area contributed by atoms with Gasteiger partial charge < -0.3 is 4.90 Å². The molecule has 1 atom stereocenters. The Morgan fingerprint density at radius 2 is 2.13 bits per heavy atom. The van der Waals surface area contributed by atoms with E-state index in [2.05, 4.69) is 10.2 Å². The highest BCUT2D eigenvalue weighted by molar-refractivity contribution is 5.98. The molecular formula is C17H16N4O2. The normalized spacial score (nSPS) is 17.0. The molecule has 116 valence electrons. The van der Waals surface area contributed by atoms with Gasteiger partial charge in [0, 0.05) is 24.6 Å². The topological polar surface area (TPSA) is 89.8 Å². The lowest BCUT2D eigenvalue weighted by molar-refractivity contribution is 0.0711. The van der Waals surface area contributed by atoms with Crippen LogP contribution in [0.25, 0.3) is 0 Å². The van der Waals surface area contributed by atoms with E-state index in [1.165, 1.54) is 6.20 Å². The highest BCUT2D eigenvalue weighted by Crippen LogP contribution is 2.24. The lowest BCUT2D eigenvalue weighted by atomic mass is 10.0. The van der Waals surface area contributed by atoms with E-state index >= 15 is 0 Å². The molecule has 1 aliphatic heterocycles. The molecule has 0 radical (unpaired) electrons. The SMILES string of the molecule is N#Cc1cn[nH]c1C(=O)N1CCCC1CC(=O)c1ccccc1. The average Bonchev–Trinajstić information content (AvgIpc) is 3.24. The third kappa shape index (κ3) is 2.99. The molecule has 1 amide bonds. The van der Waals surface area contributed by atoms with E-state index < -0.39 is 0 Å². The van der Waals surface area contributed by atoms with Crippen molar-refractivity contribution in [2.24, 2.45) is 0 Å². The van der Waals surface area contributed by atoms with E-state index in [0.29, 0.717) is 18.5 Å². The molecule has 1 unspecified atom stereocenters. The van der Waals surface area contributed by atoms with Crippen LogP contribution in [-0.4, -0.2) is 39.4 Å². The van der Waals surface area contributed by atoms with Crippen LogP contribution in [0.2, 0.25) is 0 Å². The van der Waals surface area contributed by atoms with Gasteiger partial charge in [-0.25, -0.2) is 0 Å². The number of benzene rings is 1. The zero-order valence-electron chi connectivity index (χ0n) is 12.5. The van der Waals surface area contributed by atoms with Gasteiger partial charge in [-0.15, -0.1) is 0 Å². The fourth-order valence-electron chi connectivity index (χ4n) is 2.95. The minimum absolute atomic E-state index is 0.0282. The lowest BCUT2D eigenvalue weighted by Crippen LogP contribution is -2.37. The van der Waals surface area contributed by atoms with Gasteiger partial charge in [0.1, 0.15) is 17.3 Å². The molecule has 6 heteroatoms. The van der Waals surface area contributed by atoms with Crippen molar-refractivity contribution in [3.8, 4) is 6.07 Å². The van der Waals surface area contributed by atoms with E-state index in [4.69, 9.17) is 5.26 Å². The molecule has 1 aromatic heterocycles. The van der Waals surface area contributed by atoms with Crippen molar-refractivity contribution in [1.29, 1.82) is 5.26 Å². The van der Waals surface area contributed by atoms with E-state index in [-0.39, 0.29) is 29.0 Å². The number of H-pyrrole nitrogens is 1. The third-order valence-corrected chi connectivity index (χ3v) is 4.13. The molecule has 1 fully saturated rings. The second-order valence-electron chi connectivity index (χ2n) is 5.56. The number of nitrogens with one attached hydrogen (secondary N) is 1. The number of carbonyl (C=O) groups is 2. The third-order valence-electron chi connectivity index (χ3n) is 4.13. The zero-order valence-corrected chi connectivity index (χ0v) is 12.5. The summed E-state index contributed by atoms with van der Waals surface area (Å²) < 4.78 is 0. The maximum Gasteiger partial charge on any atom is 0.273 e. The number of rotatable bonds is 4. The lowest BCUT2D eigenvalue weighted by Gasteiger charge is -2.23. The fourth-order valence-corrected chi connectivity index (χ4v) is 2.95. The number of hydrogen-bond acceptors (Lipinski definition) is 4. The van der Waals surface area contributed by atoms with Crippen LogP contribution in [0.1, 0.15) is 45.7 Å². The predicted molar refractivity (Wildman–Crippen MR) is 82.8 cm³/mol. The van der Waals surface area contributed by atoms with E-state index in [9.17, 15) is 9.59 Å². The maximum absolute atomic E-state index is 12.6. The van der Waals surface area contributed by atoms with Crippen molar-refractivity contribution in [3.63, 3.8) is 0 Å². The Bertz CT molecular complexity index is 760. The number of hydrogen-bond donors (Lipinski definition) is 1. The molecule has 3 rings (SSSR count). The van der Waals surface area contributed by atoms with Crippen molar-refractivity contribution in [2.45, 2.75) is 25.3 Å². The van der Waals surface area contributed by atoms with Crippen molar-refractivity contribution in [3.05, 3.63) is 53.3 Å². The first-order valence-corrected chi connectivity index (χ1v) is 7.53. The summed E-state index contributed by atoms with van der Waals surface area (Å²) in [6, 6.07) is 10.9. The molecule has 23 heavy (non-hydrogen) atoms. The molecule has 0 bridgehead atoms.